The summed E-state index contributed by atoms with van der Waals surface area (Å²) in [5.74, 6) is 7.64. The van der Waals surface area contributed by atoms with Gasteiger partial charge in [-0.3, -0.25) is 5.01 Å². The second-order valence-corrected chi connectivity index (χ2v) is 4.35. The molecule has 1 rings (SSSR count). The lowest BCUT2D eigenvalue weighted by atomic mass is 9.98. The van der Waals surface area contributed by atoms with Gasteiger partial charge in [-0.1, -0.05) is 26.0 Å². The van der Waals surface area contributed by atoms with E-state index in [1.54, 1.807) is 21.2 Å². The lowest BCUT2D eigenvalue weighted by Crippen LogP contribution is -2.35. The van der Waals surface area contributed by atoms with Gasteiger partial charge in [-0.2, -0.15) is 5.10 Å². The molecule has 0 atom stereocenters. The normalized spacial score (nSPS) is 11.6. The molecule has 5 nitrogen and oxygen atoms in total. The molecule has 0 amide bonds. The maximum atomic E-state index is 5.81. The maximum absolute atomic E-state index is 5.81. The monoisotopic (exact) mass is 250 g/mol. The average molecular weight is 250 g/mol. The molecule has 0 aliphatic heterocycles. The second-order valence-electron chi connectivity index (χ2n) is 4.35. The molecule has 5 heteroatoms. The van der Waals surface area contributed by atoms with Crippen molar-refractivity contribution in [2.45, 2.75) is 19.8 Å². The van der Waals surface area contributed by atoms with E-state index in [0.717, 1.165) is 16.9 Å². The first kappa shape index (κ1) is 14.3. The Kier molecular flexibility index (Phi) is 4.97. The van der Waals surface area contributed by atoms with Crippen LogP contribution in [0, 0.1) is 0 Å². The number of nitrogens with one attached hydrogen (secondary N) is 1. The maximum Gasteiger partial charge on any atom is 0.173 e. The molecule has 0 saturated heterocycles. The molecule has 0 unspecified atom stereocenters. The highest BCUT2D eigenvalue weighted by Crippen LogP contribution is 2.30. The summed E-state index contributed by atoms with van der Waals surface area (Å²) in [4.78, 5) is 0. The number of amidine groups is 1. The summed E-state index contributed by atoms with van der Waals surface area (Å²) in [6.07, 6.45) is 0. The quantitative estimate of drug-likeness (QED) is 0.368. The topological polar surface area (TPSA) is 62.9 Å². The largest absolute Gasteiger partial charge is 0.496 e. The molecule has 0 saturated carbocycles. The lowest BCUT2D eigenvalue weighted by molar-refractivity contribution is 0.404. The Morgan fingerprint density at radius 1 is 1.44 bits per heavy atom. The molecule has 0 aromatic heterocycles. The van der Waals surface area contributed by atoms with Crippen molar-refractivity contribution in [1.82, 2.24) is 10.4 Å². The van der Waals surface area contributed by atoms with Crippen molar-refractivity contribution < 1.29 is 4.74 Å². The van der Waals surface area contributed by atoms with E-state index in [-0.39, 0.29) is 0 Å². The summed E-state index contributed by atoms with van der Waals surface area (Å²) in [6, 6.07) is 5.99. The Labute approximate surface area is 109 Å². The number of ether oxygens (including phenoxy) is 1. The molecule has 3 N–H and O–H groups in total. The minimum absolute atomic E-state index is 0.374. The minimum Gasteiger partial charge on any atom is -0.496 e. The van der Waals surface area contributed by atoms with E-state index >= 15 is 0 Å². The van der Waals surface area contributed by atoms with Crippen LogP contribution in [0.25, 0.3) is 0 Å². The summed E-state index contributed by atoms with van der Waals surface area (Å²) >= 11 is 0. The van der Waals surface area contributed by atoms with Crippen molar-refractivity contribution in [3.05, 3.63) is 29.3 Å². The number of hydrazine groups is 1. The van der Waals surface area contributed by atoms with Crippen molar-refractivity contribution in [3.63, 3.8) is 0 Å². The van der Waals surface area contributed by atoms with Gasteiger partial charge in [0.2, 0.25) is 0 Å². The molecular weight excluding hydrogens is 228 g/mol. The molecule has 0 spiro atoms. The molecule has 0 bridgehead atoms. The molecule has 0 aliphatic rings. The fourth-order valence-electron chi connectivity index (χ4n) is 1.85. The Hall–Kier alpha value is -1.75. The molecule has 0 fully saturated rings. The number of hydrogen-bond donors (Lipinski definition) is 2. The summed E-state index contributed by atoms with van der Waals surface area (Å²) in [5, 5.41) is 5.66. The van der Waals surface area contributed by atoms with Crippen LogP contribution in [0.2, 0.25) is 0 Å². The van der Waals surface area contributed by atoms with E-state index in [1.165, 1.54) is 5.01 Å². The fraction of sp³-hybridized carbons (Fsp3) is 0.462. The van der Waals surface area contributed by atoms with Crippen LogP contribution in [-0.2, 0) is 0 Å². The highest BCUT2D eigenvalue weighted by Gasteiger charge is 2.17. The van der Waals surface area contributed by atoms with Gasteiger partial charge in [0.1, 0.15) is 5.75 Å². The zero-order chi connectivity index (χ0) is 13.7. The van der Waals surface area contributed by atoms with Gasteiger partial charge < -0.3 is 10.2 Å². The van der Waals surface area contributed by atoms with Gasteiger partial charge in [0.05, 0.1) is 12.7 Å². The van der Waals surface area contributed by atoms with Crippen LogP contribution in [0.15, 0.2) is 23.3 Å². The van der Waals surface area contributed by atoms with Crippen molar-refractivity contribution in [2.24, 2.45) is 10.9 Å². The third-order valence-electron chi connectivity index (χ3n) is 2.66. The molecule has 1 aromatic carbocycles. The van der Waals surface area contributed by atoms with Gasteiger partial charge in [-0.25, -0.2) is 5.84 Å². The third-order valence-corrected chi connectivity index (χ3v) is 2.66. The number of para-hydroxylation sites is 1. The van der Waals surface area contributed by atoms with Crippen LogP contribution < -0.4 is 16.0 Å². The number of hydrogen-bond acceptors (Lipinski definition) is 4. The first-order chi connectivity index (χ1) is 8.52. The van der Waals surface area contributed by atoms with Crippen LogP contribution in [-0.4, -0.2) is 32.0 Å². The zero-order valence-electron chi connectivity index (χ0n) is 11.7. The standard InChI is InChI=1S/C13H22N4O/c1-9(2)10-7-6-8-11(12(10)18-5)13(16-15-3)17(4)14/h6-9,15H,14H2,1-5H3/b16-13-. The molecule has 100 valence electrons. The molecule has 18 heavy (non-hydrogen) atoms. The van der Waals surface area contributed by atoms with E-state index in [0.29, 0.717) is 11.8 Å². The molecule has 1 aromatic rings. The number of benzene rings is 1. The Morgan fingerprint density at radius 3 is 2.56 bits per heavy atom. The van der Waals surface area contributed by atoms with Crippen molar-refractivity contribution in [2.75, 3.05) is 21.2 Å². The van der Waals surface area contributed by atoms with Crippen molar-refractivity contribution in [1.29, 1.82) is 0 Å². The second kappa shape index (κ2) is 6.26. The van der Waals surface area contributed by atoms with E-state index < -0.39 is 0 Å². The third kappa shape index (κ3) is 2.92. The summed E-state index contributed by atoms with van der Waals surface area (Å²) in [5.41, 5.74) is 4.78. The van der Waals surface area contributed by atoms with Crippen LogP contribution in [0.3, 0.4) is 0 Å². The predicted octanol–water partition coefficient (Wildman–Crippen LogP) is 1.51. The Bertz CT molecular complexity index is 427. The average Bonchev–Trinajstić information content (AvgIpc) is 2.34. The molecule has 0 aliphatic carbocycles. The van der Waals surface area contributed by atoms with E-state index in [4.69, 9.17) is 10.6 Å². The van der Waals surface area contributed by atoms with Crippen molar-refractivity contribution >= 4 is 5.84 Å². The van der Waals surface area contributed by atoms with Gasteiger partial charge in [-0.05, 0) is 17.5 Å². The summed E-state index contributed by atoms with van der Waals surface area (Å²) < 4.78 is 5.52. The van der Waals surface area contributed by atoms with E-state index in [9.17, 15) is 0 Å². The number of nitrogens with zero attached hydrogens (tertiary/aromatic N) is 2. The van der Waals surface area contributed by atoms with Gasteiger partial charge >= 0.3 is 0 Å². The zero-order valence-corrected chi connectivity index (χ0v) is 11.7. The van der Waals surface area contributed by atoms with Crippen LogP contribution in [0.5, 0.6) is 5.75 Å². The van der Waals surface area contributed by atoms with Crippen LogP contribution in [0.1, 0.15) is 30.9 Å². The Morgan fingerprint density at radius 2 is 2.11 bits per heavy atom. The minimum atomic E-state index is 0.374. The van der Waals surface area contributed by atoms with Crippen LogP contribution in [0.4, 0.5) is 0 Å². The van der Waals surface area contributed by atoms with E-state index in [2.05, 4.69) is 30.4 Å². The summed E-state index contributed by atoms with van der Waals surface area (Å²) in [6.45, 7) is 4.26. The highest BCUT2D eigenvalue weighted by atomic mass is 16.5. The molecule has 0 heterocycles. The number of hydrazone groups is 1. The highest BCUT2D eigenvalue weighted by molar-refractivity contribution is 6.01. The molecular formula is C13H22N4O. The Balaban J connectivity index is 3.39. The number of nitrogens with two attached hydrogens (primary N) is 1. The first-order valence-corrected chi connectivity index (χ1v) is 5.93. The van der Waals surface area contributed by atoms with Gasteiger partial charge in [0.25, 0.3) is 0 Å². The first-order valence-electron chi connectivity index (χ1n) is 5.93. The van der Waals surface area contributed by atoms with Crippen LogP contribution >= 0.6 is 0 Å². The van der Waals surface area contributed by atoms with Crippen molar-refractivity contribution in [3.8, 4) is 5.75 Å². The smallest absolute Gasteiger partial charge is 0.173 e. The lowest BCUT2D eigenvalue weighted by Gasteiger charge is -2.20. The van der Waals surface area contributed by atoms with Gasteiger partial charge in [0.15, 0.2) is 5.84 Å². The van der Waals surface area contributed by atoms with Gasteiger partial charge in [-0.15, -0.1) is 0 Å². The summed E-state index contributed by atoms with van der Waals surface area (Å²) in [7, 11) is 5.15. The van der Waals surface area contributed by atoms with E-state index in [1.807, 2.05) is 12.1 Å². The number of methoxy groups -OCH3 is 1. The fourth-order valence-corrected chi connectivity index (χ4v) is 1.85. The number of rotatable bonds is 4. The SMILES string of the molecule is CN/N=C(/c1cccc(C(C)C)c1OC)N(C)N. The molecule has 0 radical (unpaired) electrons. The van der Waals surface area contributed by atoms with Gasteiger partial charge in [0, 0.05) is 14.1 Å². The predicted molar refractivity (Wildman–Crippen MR) is 74.6 cm³/mol.